The lowest BCUT2D eigenvalue weighted by Gasteiger charge is -2.26. The number of benzene rings is 1. The van der Waals surface area contributed by atoms with Gasteiger partial charge in [-0.05, 0) is 30.4 Å². The van der Waals surface area contributed by atoms with Gasteiger partial charge in [0, 0.05) is 24.5 Å². The third-order valence-electron chi connectivity index (χ3n) is 2.97. The minimum absolute atomic E-state index is 0.542. The number of rotatable bonds is 2. The van der Waals surface area contributed by atoms with Crippen LogP contribution >= 0.6 is 11.8 Å². The van der Waals surface area contributed by atoms with Crippen LogP contribution in [0.2, 0.25) is 0 Å². The number of nitrogens with two attached hydrogens (primary N) is 1. The topological polar surface area (TPSA) is 53.0 Å². The molecule has 0 radical (unpaired) electrons. The molecule has 0 saturated carbocycles. The molecule has 4 heteroatoms. The van der Waals surface area contributed by atoms with E-state index in [1.54, 1.807) is 6.07 Å². The Balaban J connectivity index is 2.28. The maximum Gasteiger partial charge on any atom is 0.101 e. The second-order valence-electron chi connectivity index (χ2n) is 4.02. The third-order valence-corrected chi connectivity index (χ3v) is 4.12. The van der Waals surface area contributed by atoms with Gasteiger partial charge in [0.05, 0.1) is 11.3 Å². The van der Waals surface area contributed by atoms with E-state index in [0.717, 1.165) is 11.4 Å². The van der Waals surface area contributed by atoms with Crippen molar-refractivity contribution in [1.82, 2.24) is 0 Å². The summed E-state index contributed by atoms with van der Waals surface area (Å²) in [6.07, 6.45) is 1.19. The van der Waals surface area contributed by atoms with E-state index in [-0.39, 0.29) is 0 Å². The van der Waals surface area contributed by atoms with Gasteiger partial charge in [0.2, 0.25) is 0 Å². The normalized spacial score (nSPS) is 19.4. The monoisotopic (exact) mass is 233 g/mol. The lowest BCUT2D eigenvalue weighted by Crippen LogP contribution is -2.31. The summed E-state index contributed by atoms with van der Waals surface area (Å²) in [5, 5.41) is 9.10. The molecule has 1 aliphatic rings. The number of anilines is 2. The van der Waals surface area contributed by atoms with Crippen LogP contribution < -0.4 is 10.6 Å². The summed E-state index contributed by atoms with van der Waals surface area (Å²) < 4.78 is 0. The van der Waals surface area contributed by atoms with Crippen LogP contribution in [-0.4, -0.2) is 24.6 Å². The summed E-state index contributed by atoms with van der Waals surface area (Å²) in [6, 6.07) is 8.30. The first-order chi connectivity index (χ1) is 7.72. The van der Waals surface area contributed by atoms with Crippen LogP contribution in [0.5, 0.6) is 0 Å². The van der Waals surface area contributed by atoms with E-state index in [1.165, 1.54) is 12.2 Å². The van der Waals surface area contributed by atoms with Crippen molar-refractivity contribution in [2.24, 2.45) is 0 Å². The van der Waals surface area contributed by atoms with E-state index in [0.29, 0.717) is 17.3 Å². The molecule has 0 amide bonds. The van der Waals surface area contributed by atoms with Crippen molar-refractivity contribution in [2.75, 3.05) is 29.2 Å². The minimum atomic E-state index is 0.542. The highest BCUT2D eigenvalue weighted by Gasteiger charge is 2.21. The van der Waals surface area contributed by atoms with Gasteiger partial charge in [0.15, 0.2) is 0 Å². The standard InChI is InChI=1S/C12H15N3S/c1-15(11-4-5-16-8-11)12-3-2-10(14)6-9(12)7-13/h2-3,6,11H,4-5,8,14H2,1H3. The molecule has 1 saturated heterocycles. The Morgan fingerprint density at radius 1 is 1.56 bits per heavy atom. The Morgan fingerprint density at radius 3 is 3.00 bits per heavy atom. The zero-order chi connectivity index (χ0) is 11.5. The van der Waals surface area contributed by atoms with Gasteiger partial charge < -0.3 is 10.6 Å². The van der Waals surface area contributed by atoms with Crippen molar-refractivity contribution >= 4 is 23.1 Å². The molecule has 0 spiro atoms. The maximum atomic E-state index is 9.10. The molecule has 3 nitrogen and oxygen atoms in total. The summed E-state index contributed by atoms with van der Waals surface area (Å²) >= 11 is 1.97. The summed E-state index contributed by atoms with van der Waals surface area (Å²) in [6.45, 7) is 0. The fourth-order valence-electron chi connectivity index (χ4n) is 1.97. The van der Waals surface area contributed by atoms with Gasteiger partial charge in [-0.3, -0.25) is 0 Å². The fraction of sp³-hybridized carbons (Fsp3) is 0.417. The van der Waals surface area contributed by atoms with Crippen LogP contribution in [0, 0.1) is 11.3 Å². The Hall–Kier alpha value is -1.34. The maximum absolute atomic E-state index is 9.10. The average molecular weight is 233 g/mol. The Morgan fingerprint density at radius 2 is 2.38 bits per heavy atom. The Kier molecular flexibility index (Phi) is 3.25. The highest BCUT2D eigenvalue weighted by Crippen LogP contribution is 2.28. The van der Waals surface area contributed by atoms with E-state index in [2.05, 4.69) is 18.0 Å². The molecular weight excluding hydrogens is 218 g/mol. The second-order valence-corrected chi connectivity index (χ2v) is 5.17. The van der Waals surface area contributed by atoms with Crippen LogP contribution in [0.25, 0.3) is 0 Å². The molecular formula is C12H15N3S. The largest absolute Gasteiger partial charge is 0.399 e. The average Bonchev–Trinajstić information content (AvgIpc) is 2.81. The molecule has 1 fully saturated rings. The smallest absolute Gasteiger partial charge is 0.101 e. The van der Waals surface area contributed by atoms with Gasteiger partial charge >= 0.3 is 0 Å². The fourth-order valence-corrected chi connectivity index (χ4v) is 3.24. The van der Waals surface area contributed by atoms with E-state index in [1.807, 2.05) is 23.9 Å². The molecule has 1 atom stereocenters. The van der Waals surface area contributed by atoms with Gasteiger partial charge in [0.25, 0.3) is 0 Å². The number of nitrogen functional groups attached to an aromatic ring is 1. The predicted octanol–water partition coefficient (Wildman–Crippen LogP) is 2.08. The molecule has 16 heavy (non-hydrogen) atoms. The van der Waals surface area contributed by atoms with Gasteiger partial charge in [-0.15, -0.1) is 0 Å². The molecule has 1 aromatic carbocycles. The molecule has 0 aromatic heterocycles. The van der Waals surface area contributed by atoms with Crippen LogP contribution in [0.15, 0.2) is 18.2 Å². The first-order valence-electron chi connectivity index (χ1n) is 5.32. The lowest BCUT2D eigenvalue weighted by molar-refractivity contribution is 0.699. The van der Waals surface area contributed by atoms with Crippen molar-refractivity contribution < 1.29 is 0 Å². The lowest BCUT2D eigenvalue weighted by atomic mass is 10.1. The minimum Gasteiger partial charge on any atom is -0.399 e. The van der Waals surface area contributed by atoms with E-state index < -0.39 is 0 Å². The quantitative estimate of drug-likeness (QED) is 0.795. The van der Waals surface area contributed by atoms with Crippen molar-refractivity contribution in [1.29, 1.82) is 5.26 Å². The predicted molar refractivity (Wildman–Crippen MR) is 69.7 cm³/mol. The van der Waals surface area contributed by atoms with Crippen LogP contribution in [0.1, 0.15) is 12.0 Å². The van der Waals surface area contributed by atoms with E-state index >= 15 is 0 Å². The number of hydrogen-bond donors (Lipinski definition) is 1. The van der Waals surface area contributed by atoms with Gasteiger partial charge in [-0.25, -0.2) is 0 Å². The Labute approximate surface area is 100 Å². The van der Waals surface area contributed by atoms with Crippen molar-refractivity contribution in [3.05, 3.63) is 23.8 Å². The number of nitrogens with zero attached hydrogens (tertiary/aromatic N) is 2. The van der Waals surface area contributed by atoms with Crippen LogP contribution in [0.3, 0.4) is 0 Å². The molecule has 0 aliphatic carbocycles. The molecule has 0 bridgehead atoms. The molecule has 1 heterocycles. The molecule has 84 valence electrons. The number of nitriles is 1. The first-order valence-corrected chi connectivity index (χ1v) is 6.48. The second kappa shape index (κ2) is 4.67. The first kappa shape index (κ1) is 11.2. The Bertz CT molecular complexity index is 419. The van der Waals surface area contributed by atoms with Crippen molar-refractivity contribution in [3.8, 4) is 6.07 Å². The molecule has 2 rings (SSSR count). The summed E-state index contributed by atoms with van der Waals surface area (Å²) in [4.78, 5) is 2.21. The zero-order valence-corrected chi connectivity index (χ0v) is 10.1. The third kappa shape index (κ3) is 2.10. The van der Waals surface area contributed by atoms with Gasteiger partial charge in [-0.1, -0.05) is 0 Å². The van der Waals surface area contributed by atoms with Gasteiger partial charge in [0.1, 0.15) is 6.07 Å². The summed E-state index contributed by atoms with van der Waals surface area (Å²) in [7, 11) is 2.06. The number of hydrogen-bond acceptors (Lipinski definition) is 4. The van der Waals surface area contributed by atoms with Crippen LogP contribution in [-0.2, 0) is 0 Å². The summed E-state index contributed by atoms with van der Waals surface area (Å²) in [5.74, 6) is 2.36. The molecule has 1 unspecified atom stereocenters. The zero-order valence-electron chi connectivity index (χ0n) is 9.31. The van der Waals surface area contributed by atoms with Crippen molar-refractivity contribution in [2.45, 2.75) is 12.5 Å². The highest BCUT2D eigenvalue weighted by atomic mass is 32.2. The van der Waals surface area contributed by atoms with Crippen molar-refractivity contribution in [3.63, 3.8) is 0 Å². The van der Waals surface area contributed by atoms with Gasteiger partial charge in [-0.2, -0.15) is 17.0 Å². The van der Waals surface area contributed by atoms with E-state index in [9.17, 15) is 0 Å². The highest BCUT2D eigenvalue weighted by molar-refractivity contribution is 7.99. The molecule has 2 N–H and O–H groups in total. The summed E-state index contributed by atoms with van der Waals surface area (Å²) in [5.41, 5.74) is 7.99. The number of thioether (sulfide) groups is 1. The van der Waals surface area contributed by atoms with E-state index in [4.69, 9.17) is 11.0 Å². The SMILES string of the molecule is CN(c1ccc(N)cc1C#N)C1CCSC1. The molecule has 1 aromatic rings. The van der Waals surface area contributed by atoms with Crippen LogP contribution in [0.4, 0.5) is 11.4 Å². The molecule has 1 aliphatic heterocycles.